The molecule has 3 rings (SSSR count). The first kappa shape index (κ1) is 12.6. The van der Waals surface area contributed by atoms with E-state index < -0.39 is 0 Å². The van der Waals surface area contributed by atoms with E-state index in [0.29, 0.717) is 4.77 Å². The summed E-state index contributed by atoms with van der Waals surface area (Å²) in [6.07, 6.45) is 5.83. The second-order valence-corrected chi connectivity index (χ2v) is 5.44. The Morgan fingerprint density at radius 3 is 2.58 bits per heavy atom. The smallest absolute Gasteiger partial charge is 0.221 e. The summed E-state index contributed by atoms with van der Waals surface area (Å²) < 4.78 is 4.83. The minimum Gasteiger partial charge on any atom is -0.316 e. The van der Waals surface area contributed by atoms with Crippen molar-refractivity contribution in [3.8, 4) is 5.69 Å². The molecule has 100 valence electrons. The third-order valence-electron chi connectivity index (χ3n) is 3.71. The number of quaternary nitrogens is 1. The summed E-state index contributed by atoms with van der Waals surface area (Å²) in [6, 6.07) is 10.3. The number of hydrogen-bond donors (Lipinski definition) is 1. The van der Waals surface area contributed by atoms with Gasteiger partial charge < -0.3 is 4.90 Å². The largest absolute Gasteiger partial charge is 0.316 e. The molecule has 2 heterocycles. The monoisotopic (exact) mass is 275 g/mol. The topological polar surface area (TPSA) is 27.2 Å². The molecular weight excluding hydrogens is 256 g/mol. The molecule has 1 aliphatic heterocycles. The maximum Gasteiger partial charge on any atom is 0.221 e. The lowest BCUT2D eigenvalue weighted by Crippen LogP contribution is -3.12. The fraction of sp³-hybridized carbons (Fsp3) is 0.429. The van der Waals surface area contributed by atoms with Gasteiger partial charge in [-0.25, -0.2) is 14.3 Å². The lowest BCUT2D eigenvalue weighted by atomic mass is 10.1. The zero-order chi connectivity index (χ0) is 13.1. The van der Waals surface area contributed by atoms with Crippen LogP contribution in [0.15, 0.2) is 36.7 Å². The van der Waals surface area contributed by atoms with E-state index in [2.05, 4.69) is 26.5 Å². The Balaban J connectivity index is 1.88. The van der Waals surface area contributed by atoms with Crippen molar-refractivity contribution in [2.45, 2.75) is 25.9 Å². The summed E-state index contributed by atoms with van der Waals surface area (Å²) in [5, 5.41) is 0. The molecular formula is C14H19N4S+. The first-order valence-corrected chi connectivity index (χ1v) is 7.29. The molecule has 1 aliphatic rings. The van der Waals surface area contributed by atoms with Crippen LogP contribution in [0.3, 0.4) is 0 Å². The highest BCUT2D eigenvalue weighted by molar-refractivity contribution is 7.71. The number of para-hydroxylation sites is 1. The van der Waals surface area contributed by atoms with Crippen molar-refractivity contribution < 1.29 is 4.90 Å². The summed E-state index contributed by atoms with van der Waals surface area (Å²) in [4.78, 5) is 5.88. The van der Waals surface area contributed by atoms with Crippen LogP contribution in [0.2, 0.25) is 0 Å². The molecule has 0 amide bonds. The average molecular weight is 275 g/mol. The Morgan fingerprint density at radius 1 is 1.11 bits per heavy atom. The van der Waals surface area contributed by atoms with Gasteiger partial charge in [-0.1, -0.05) is 18.2 Å². The molecule has 0 saturated carbocycles. The van der Waals surface area contributed by atoms with E-state index in [0.717, 1.165) is 12.4 Å². The maximum absolute atomic E-state index is 5.36. The summed E-state index contributed by atoms with van der Waals surface area (Å²) in [5.41, 5.74) is 1.11. The molecule has 0 aliphatic carbocycles. The van der Waals surface area contributed by atoms with Gasteiger partial charge in [0, 0.05) is 0 Å². The molecule has 0 radical (unpaired) electrons. The highest BCUT2D eigenvalue weighted by atomic mass is 32.1. The van der Waals surface area contributed by atoms with Gasteiger partial charge in [0.25, 0.3) is 0 Å². The molecule has 5 heteroatoms. The molecule has 2 aromatic rings. The highest BCUT2D eigenvalue weighted by Crippen LogP contribution is 2.06. The van der Waals surface area contributed by atoms with Gasteiger partial charge in [-0.15, -0.1) is 0 Å². The van der Waals surface area contributed by atoms with Crippen molar-refractivity contribution in [3.63, 3.8) is 0 Å². The van der Waals surface area contributed by atoms with Gasteiger partial charge in [0.2, 0.25) is 4.77 Å². The van der Waals surface area contributed by atoms with E-state index in [1.54, 1.807) is 4.90 Å². The fourth-order valence-electron chi connectivity index (χ4n) is 2.68. The average Bonchev–Trinajstić information content (AvgIpc) is 2.82. The maximum atomic E-state index is 5.36. The zero-order valence-corrected chi connectivity index (χ0v) is 11.8. The minimum atomic E-state index is 0.668. The van der Waals surface area contributed by atoms with E-state index in [-0.39, 0.29) is 0 Å². The lowest BCUT2D eigenvalue weighted by molar-refractivity contribution is -0.928. The Labute approximate surface area is 118 Å². The number of benzene rings is 1. The van der Waals surface area contributed by atoms with Gasteiger partial charge in [0.05, 0.1) is 18.8 Å². The van der Waals surface area contributed by atoms with Gasteiger partial charge in [0.15, 0.2) is 6.67 Å². The van der Waals surface area contributed by atoms with Gasteiger partial charge in [-0.05, 0) is 43.6 Å². The molecule has 0 atom stereocenters. The fourth-order valence-corrected chi connectivity index (χ4v) is 2.88. The van der Waals surface area contributed by atoms with Crippen LogP contribution in [-0.2, 0) is 6.67 Å². The molecule has 0 spiro atoms. The van der Waals surface area contributed by atoms with E-state index in [1.165, 1.54) is 32.4 Å². The Kier molecular flexibility index (Phi) is 3.75. The predicted octanol–water partition coefficient (Wildman–Crippen LogP) is 1.43. The lowest BCUT2D eigenvalue weighted by Gasteiger charge is -2.24. The van der Waals surface area contributed by atoms with Crippen molar-refractivity contribution in [1.82, 2.24) is 14.3 Å². The highest BCUT2D eigenvalue weighted by Gasteiger charge is 2.16. The van der Waals surface area contributed by atoms with Crippen LogP contribution in [0.4, 0.5) is 0 Å². The van der Waals surface area contributed by atoms with E-state index in [9.17, 15) is 0 Å². The number of rotatable bonds is 3. The van der Waals surface area contributed by atoms with E-state index in [1.807, 2.05) is 24.5 Å². The summed E-state index contributed by atoms with van der Waals surface area (Å²) >= 11 is 5.36. The van der Waals surface area contributed by atoms with Crippen molar-refractivity contribution in [2.24, 2.45) is 0 Å². The second kappa shape index (κ2) is 5.67. The van der Waals surface area contributed by atoms with E-state index in [4.69, 9.17) is 12.2 Å². The summed E-state index contributed by atoms with van der Waals surface area (Å²) in [6.45, 7) is 3.39. The van der Waals surface area contributed by atoms with Crippen LogP contribution in [-0.4, -0.2) is 27.4 Å². The standard InChI is InChI=1S/C14H18N4S/c19-14-15-11-17(13-7-3-1-4-8-13)18(14)12-16-9-5-2-6-10-16/h1,3-4,7-8,11H,2,5-6,9-10,12H2/p+1. The normalized spacial score (nSPS) is 16.6. The number of likely N-dealkylation sites (tertiary alicyclic amines) is 1. The Morgan fingerprint density at radius 2 is 1.84 bits per heavy atom. The van der Waals surface area contributed by atoms with Crippen LogP contribution in [0.25, 0.3) is 5.69 Å². The molecule has 19 heavy (non-hydrogen) atoms. The van der Waals surface area contributed by atoms with E-state index >= 15 is 0 Å². The SMILES string of the molecule is S=c1ncn(-c2ccccc2)n1C[NH+]1CCCCC1. The molecule has 0 unspecified atom stereocenters. The number of piperidine rings is 1. The van der Waals surface area contributed by atoms with Crippen LogP contribution < -0.4 is 4.90 Å². The third kappa shape index (κ3) is 2.77. The van der Waals surface area contributed by atoms with Gasteiger partial charge in [0.1, 0.15) is 6.33 Å². The van der Waals surface area contributed by atoms with Crippen molar-refractivity contribution in [1.29, 1.82) is 0 Å². The molecule has 4 nitrogen and oxygen atoms in total. The quantitative estimate of drug-likeness (QED) is 0.858. The molecule has 1 N–H and O–H groups in total. The summed E-state index contributed by atoms with van der Waals surface area (Å²) in [7, 11) is 0. The van der Waals surface area contributed by atoms with Gasteiger partial charge in [-0.3, -0.25) is 0 Å². The first-order valence-electron chi connectivity index (χ1n) is 6.88. The molecule has 0 bridgehead atoms. The minimum absolute atomic E-state index is 0.668. The van der Waals surface area contributed by atoms with Crippen LogP contribution in [0, 0.1) is 4.77 Å². The number of hydrogen-bond acceptors (Lipinski definition) is 2. The Bertz CT molecular complexity index is 581. The van der Waals surface area contributed by atoms with Crippen molar-refractivity contribution in [2.75, 3.05) is 13.1 Å². The number of nitrogens with one attached hydrogen (secondary N) is 1. The molecule has 1 aromatic carbocycles. The van der Waals surface area contributed by atoms with Crippen molar-refractivity contribution >= 4 is 12.2 Å². The third-order valence-corrected chi connectivity index (χ3v) is 4.03. The first-order chi connectivity index (χ1) is 9.34. The van der Waals surface area contributed by atoms with Gasteiger partial charge in [-0.2, -0.15) is 0 Å². The molecule has 1 fully saturated rings. The van der Waals surface area contributed by atoms with Crippen LogP contribution in [0.1, 0.15) is 19.3 Å². The molecule has 1 aromatic heterocycles. The zero-order valence-electron chi connectivity index (χ0n) is 11.0. The van der Waals surface area contributed by atoms with Crippen LogP contribution in [0.5, 0.6) is 0 Å². The number of aromatic nitrogens is 3. The van der Waals surface area contributed by atoms with Gasteiger partial charge >= 0.3 is 0 Å². The molecule has 1 saturated heterocycles. The Hall–Kier alpha value is -1.46. The predicted molar refractivity (Wildman–Crippen MR) is 76.9 cm³/mol. The number of nitrogens with zero attached hydrogens (tertiary/aromatic N) is 3. The summed E-state index contributed by atoms with van der Waals surface area (Å²) in [5.74, 6) is 0. The van der Waals surface area contributed by atoms with Crippen molar-refractivity contribution in [3.05, 3.63) is 41.4 Å². The second-order valence-electron chi connectivity index (χ2n) is 5.08. The van der Waals surface area contributed by atoms with Crippen LogP contribution >= 0.6 is 12.2 Å².